The third-order valence-electron chi connectivity index (χ3n) is 3.55. The Bertz CT molecular complexity index is 816. The van der Waals surface area contributed by atoms with Gasteiger partial charge in [-0.25, -0.2) is 0 Å². The van der Waals surface area contributed by atoms with E-state index in [1.54, 1.807) is 24.3 Å². The smallest absolute Gasteiger partial charge is 0.211 e. The summed E-state index contributed by atoms with van der Waals surface area (Å²) in [7, 11) is 0. The van der Waals surface area contributed by atoms with Crippen molar-refractivity contribution in [2.24, 2.45) is 0 Å². The maximum absolute atomic E-state index is 12.6. The molecule has 0 spiro atoms. The molecule has 0 saturated carbocycles. The monoisotopic (exact) mass is 311 g/mol. The van der Waals surface area contributed by atoms with Crippen molar-refractivity contribution in [1.29, 1.82) is 0 Å². The Balaban J connectivity index is 2.05. The summed E-state index contributed by atoms with van der Waals surface area (Å²) in [6.07, 6.45) is 0. The maximum atomic E-state index is 12.6. The van der Waals surface area contributed by atoms with Crippen LogP contribution in [0.5, 0.6) is 0 Å². The van der Waals surface area contributed by atoms with Crippen LogP contribution in [0.25, 0.3) is 0 Å². The largest absolute Gasteiger partial charge is 0.351 e. The Morgan fingerprint density at radius 3 is 2.00 bits per heavy atom. The van der Waals surface area contributed by atoms with Crippen molar-refractivity contribution in [3.05, 3.63) is 75.4 Å². The summed E-state index contributed by atoms with van der Waals surface area (Å²) in [5, 5.41) is 2.94. The number of carbonyl (C=O) groups is 2. The number of nitrogens with one attached hydrogen (secondary N) is 1. The van der Waals surface area contributed by atoms with E-state index in [2.05, 4.69) is 5.32 Å². The second-order valence-corrected chi connectivity index (χ2v) is 5.77. The number of rotatable bonds is 2. The van der Waals surface area contributed by atoms with E-state index in [0.717, 1.165) is 16.8 Å². The minimum atomic E-state index is -0.330. The molecule has 3 nitrogen and oxygen atoms in total. The molecule has 0 aromatic heterocycles. The highest BCUT2D eigenvalue weighted by atomic mass is 35.5. The first-order chi connectivity index (χ1) is 10.5. The molecule has 0 saturated heterocycles. The van der Waals surface area contributed by atoms with Crippen LogP contribution in [0.2, 0.25) is 0 Å². The van der Waals surface area contributed by atoms with Crippen molar-refractivity contribution < 1.29 is 9.59 Å². The molecule has 1 aliphatic rings. The lowest BCUT2D eigenvalue weighted by Gasteiger charge is -2.19. The number of ketones is 2. The van der Waals surface area contributed by atoms with E-state index < -0.39 is 0 Å². The molecule has 2 aromatic rings. The first-order valence-electron chi connectivity index (χ1n) is 6.91. The average Bonchev–Trinajstić information content (AvgIpc) is 2.48. The highest BCUT2D eigenvalue weighted by Crippen LogP contribution is 2.29. The van der Waals surface area contributed by atoms with Gasteiger partial charge in [0.25, 0.3) is 0 Å². The van der Waals surface area contributed by atoms with Gasteiger partial charge in [0.05, 0.1) is 0 Å². The number of anilines is 1. The van der Waals surface area contributed by atoms with Crippen LogP contribution in [0.4, 0.5) is 5.69 Å². The lowest BCUT2D eigenvalue weighted by atomic mass is 9.92. The SMILES string of the molecule is Cc1cc(C)cc(NC2=C(Cl)C(=O)c3ccccc3C2=O)c1. The summed E-state index contributed by atoms with van der Waals surface area (Å²) in [6.45, 7) is 3.94. The molecule has 22 heavy (non-hydrogen) atoms. The number of fused-ring (bicyclic) bond motifs is 1. The van der Waals surface area contributed by atoms with E-state index in [0.29, 0.717) is 11.1 Å². The van der Waals surface area contributed by atoms with Crippen LogP contribution in [0, 0.1) is 13.8 Å². The molecule has 0 amide bonds. The van der Waals surface area contributed by atoms with Crippen LogP contribution in [0.1, 0.15) is 31.8 Å². The molecule has 1 N–H and O–H groups in total. The lowest BCUT2D eigenvalue weighted by molar-refractivity contribution is 0.0982. The van der Waals surface area contributed by atoms with Gasteiger partial charge in [0.2, 0.25) is 11.6 Å². The molecule has 0 fully saturated rings. The second-order valence-electron chi connectivity index (χ2n) is 5.39. The lowest BCUT2D eigenvalue weighted by Crippen LogP contribution is -2.24. The fourth-order valence-electron chi connectivity index (χ4n) is 2.65. The number of carbonyl (C=O) groups excluding carboxylic acids is 2. The summed E-state index contributed by atoms with van der Waals surface area (Å²) in [4.78, 5) is 24.9. The molecule has 1 aliphatic carbocycles. The van der Waals surface area contributed by atoms with Gasteiger partial charge in [0.1, 0.15) is 10.7 Å². The third-order valence-corrected chi connectivity index (χ3v) is 3.91. The van der Waals surface area contributed by atoms with Crippen molar-refractivity contribution in [2.75, 3.05) is 5.32 Å². The molecule has 2 aromatic carbocycles. The van der Waals surface area contributed by atoms with Gasteiger partial charge in [0.15, 0.2) is 0 Å². The van der Waals surface area contributed by atoms with E-state index in [9.17, 15) is 9.59 Å². The topological polar surface area (TPSA) is 46.2 Å². The minimum Gasteiger partial charge on any atom is -0.351 e. The van der Waals surface area contributed by atoms with Crippen LogP contribution in [-0.2, 0) is 0 Å². The number of benzene rings is 2. The van der Waals surface area contributed by atoms with Crippen LogP contribution in [0.15, 0.2) is 53.2 Å². The van der Waals surface area contributed by atoms with Gasteiger partial charge >= 0.3 is 0 Å². The van der Waals surface area contributed by atoms with Gasteiger partial charge in [-0.15, -0.1) is 0 Å². The molecule has 3 rings (SSSR count). The van der Waals surface area contributed by atoms with E-state index in [-0.39, 0.29) is 22.3 Å². The van der Waals surface area contributed by atoms with Gasteiger partial charge in [-0.2, -0.15) is 0 Å². The summed E-state index contributed by atoms with van der Waals surface area (Å²) < 4.78 is 0. The first kappa shape index (κ1) is 14.5. The zero-order chi connectivity index (χ0) is 15.9. The zero-order valence-electron chi connectivity index (χ0n) is 12.2. The summed E-state index contributed by atoms with van der Waals surface area (Å²) in [5.74, 6) is -0.594. The van der Waals surface area contributed by atoms with Crippen molar-refractivity contribution in [3.8, 4) is 0 Å². The molecule has 110 valence electrons. The molecule has 0 atom stereocenters. The van der Waals surface area contributed by atoms with Crippen LogP contribution in [0.3, 0.4) is 0 Å². The Kier molecular flexibility index (Phi) is 3.59. The molecular weight excluding hydrogens is 298 g/mol. The Morgan fingerprint density at radius 2 is 1.41 bits per heavy atom. The summed E-state index contributed by atoms with van der Waals surface area (Å²) in [6, 6.07) is 12.6. The van der Waals surface area contributed by atoms with E-state index in [1.807, 2.05) is 32.0 Å². The van der Waals surface area contributed by atoms with Gasteiger partial charge in [-0.1, -0.05) is 41.9 Å². The Morgan fingerprint density at radius 1 is 0.864 bits per heavy atom. The van der Waals surface area contributed by atoms with Gasteiger partial charge in [-0.3, -0.25) is 9.59 Å². The van der Waals surface area contributed by atoms with Gasteiger partial charge < -0.3 is 5.32 Å². The fourth-order valence-corrected chi connectivity index (χ4v) is 2.88. The van der Waals surface area contributed by atoms with E-state index in [1.165, 1.54) is 0 Å². The molecule has 0 aliphatic heterocycles. The minimum absolute atomic E-state index is 0.0668. The predicted molar refractivity (Wildman–Crippen MR) is 87.5 cm³/mol. The number of allylic oxidation sites excluding steroid dienone is 2. The number of hydrogen-bond donors (Lipinski definition) is 1. The van der Waals surface area contributed by atoms with Crippen LogP contribution < -0.4 is 5.32 Å². The number of Topliss-reactive ketones (excluding diaryl/α,β-unsaturated/α-hetero) is 2. The molecule has 4 heteroatoms. The molecular formula is C18H14ClNO2. The zero-order valence-corrected chi connectivity index (χ0v) is 13.0. The maximum Gasteiger partial charge on any atom is 0.211 e. The van der Waals surface area contributed by atoms with Crippen LogP contribution in [-0.4, -0.2) is 11.6 Å². The van der Waals surface area contributed by atoms with Crippen molar-refractivity contribution >= 4 is 28.9 Å². The second kappa shape index (κ2) is 5.43. The normalized spacial score (nSPS) is 14.1. The quantitative estimate of drug-likeness (QED) is 0.902. The summed E-state index contributed by atoms with van der Waals surface area (Å²) >= 11 is 6.13. The Labute approximate surface area is 133 Å². The average molecular weight is 312 g/mol. The van der Waals surface area contributed by atoms with Crippen molar-refractivity contribution in [2.45, 2.75) is 13.8 Å². The van der Waals surface area contributed by atoms with Crippen LogP contribution >= 0.6 is 11.6 Å². The highest BCUT2D eigenvalue weighted by Gasteiger charge is 2.31. The van der Waals surface area contributed by atoms with Gasteiger partial charge in [-0.05, 0) is 37.1 Å². The van der Waals surface area contributed by atoms with Crippen molar-refractivity contribution in [1.82, 2.24) is 0 Å². The molecule has 0 radical (unpaired) electrons. The molecule has 0 unspecified atom stereocenters. The van der Waals surface area contributed by atoms with Crippen molar-refractivity contribution in [3.63, 3.8) is 0 Å². The van der Waals surface area contributed by atoms with Gasteiger partial charge in [0, 0.05) is 16.8 Å². The molecule has 0 bridgehead atoms. The highest BCUT2D eigenvalue weighted by molar-refractivity contribution is 6.50. The third kappa shape index (κ3) is 2.44. The van der Waals surface area contributed by atoms with E-state index >= 15 is 0 Å². The standard InChI is InChI=1S/C18H14ClNO2/c1-10-7-11(2)9-12(8-10)20-16-15(19)17(21)13-5-3-4-6-14(13)18(16)22/h3-9,20H,1-2H3. The first-order valence-corrected chi connectivity index (χ1v) is 7.28. The number of hydrogen-bond acceptors (Lipinski definition) is 3. The number of halogens is 1. The summed E-state index contributed by atoms with van der Waals surface area (Å²) in [5.41, 5.74) is 3.73. The molecule has 0 heterocycles. The predicted octanol–water partition coefficient (Wildman–Crippen LogP) is 4.24. The number of aryl methyl sites for hydroxylation is 2. The Hall–Kier alpha value is -2.39. The van der Waals surface area contributed by atoms with E-state index in [4.69, 9.17) is 11.6 Å². The fraction of sp³-hybridized carbons (Fsp3) is 0.111.